The second-order valence-corrected chi connectivity index (χ2v) is 5.33. The minimum absolute atomic E-state index is 0.0352. The van der Waals surface area contributed by atoms with Crippen LogP contribution >= 0.6 is 22.6 Å². The van der Waals surface area contributed by atoms with Crippen LogP contribution in [0.3, 0.4) is 0 Å². The average Bonchev–Trinajstić information content (AvgIpc) is 2.41. The largest absolute Gasteiger partial charge is 0.478 e. The number of carboxylic acid groups (broad SMARTS) is 1. The first-order valence-electron chi connectivity index (χ1n) is 5.93. The van der Waals surface area contributed by atoms with Crippen molar-refractivity contribution in [3.8, 4) is 0 Å². The van der Waals surface area contributed by atoms with Gasteiger partial charge in [-0.2, -0.15) is 0 Å². The summed E-state index contributed by atoms with van der Waals surface area (Å²) in [5.74, 6) is -1.26. The summed E-state index contributed by atoms with van der Waals surface area (Å²) in [5.41, 5.74) is 1.39. The smallest absolute Gasteiger partial charge is 0.335 e. The topological polar surface area (TPSA) is 66.4 Å². The fourth-order valence-corrected chi connectivity index (χ4v) is 2.34. The van der Waals surface area contributed by atoms with Crippen molar-refractivity contribution in [3.63, 3.8) is 0 Å². The number of hydrogen-bond donors (Lipinski definition) is 2. The molecule has 2 N–H and O–H groups in total. The molecular weight excluding hydrogens is 369 g/mol. The Bertz CT molecular complexity index is 655. The van der Waals surface area contributed by atoms with Crippen LogP contribution < -0.4 is 5.32 Å². The standard InChI is InChI=1S/C15H12INO3/c16-12-7-3-4-8-13(12)17-14(18)9-10-5-1-2-6-11(10)15(19)20/h1-8H,9H2,(H,17,18)(H,19,20). The van der Waals surface area contributed by atoms with Crippen LogP contribution in [-0.4, -0.2) is 17.0 Å². The summed E-state index contributed by atoms with van der Waals surface area (Å²) in [6.07, 6.45) is 0.0352. The zero-order chi connectivity index (χ0) is 14.5. The summed E-state index contributed by atoms with van der Waals surface area (Å²) in [5, 5.41) is 11.9. The molecule has 5 heteroatoms. The molecule has 1 amide bonds. The van der Waals surface area contributed by atoms with E-state index in [0.29, 0.717) is 5.56 Å². The van der Waals surface area contributed by atoms with Gasteiger partial charge in [-0.3, -0.25) is 4.79 Å². The van der Waals surface area contributed by atoms with Crippen LogP contribution in [0.25, 0.3) is 0 Å². The Kier molecular flexibility index (Phi) is 4.73. The summed E-state index contributed by atoms with van der Waals surface area (Å²) in [4.78, 5) is 23.1. The molecule has 2 aromatic carbocycles. The summed E-state index contributed by atoms with van der Waals surface area (Å²) >= 11 is 2.13. The monoisotopic (exact) mass is 381 g/mol. The zero-order valence-corrected chi connectivity index (χ0v) is 12.6. The lowest BCUT2D eigenvalue weighted by atomic mass is 10.0. The molecule has 0 unspecified atom stereocenters. The average molecular weight is 381 g/mol. The number of hydrogen-bond acceptors (Lipinski definition) is 2. The molecule has 0 saturated heterocycles. The molecule has 4 nitrogen and oxygen atoms in total. The predicted octanol–water partition coefficient (Wildman–Crippen LogP) is 3.17. The molecule has 102 valence electrons. The van der Waals surface area contributed by atoms with Crippen molar-refractivity contribution in [1.29, 1.82) is 0 Å². The number of aromatic carboxylic acids is 1. The van der Waals surface area contributed by atoms with Crippen molar-refractivity contribution in [2.75, 3.05) is 5.32 Å². The molecule has 0 bridgehead atoms. The number of amides is 1. The molecule has 0 radical (unpaired) electrons. The molecular formula is C15H12INO3. The van der Waals surface area contributed by atoms with Crippen LogP contribution in [0.4, 0.5) is 5.69 Å². The van der Waals surface area contributed by atoms with Crippen molar-refractivity contribution in [3.05, 3.63) is 63.2 Å². The molecule has 0 atom stereocenters. The molecule has 0 heterocycles. The Hall–Kier alpha value is -1.89. The van der Waals surface area contributed by atoms with Crippen molar-refractivity contribution in [2.24, 2.45) is 0 Å². The Labute approximate surface area is 130 Å². The number of halogens is 1. The van der Waals surface area contributed by atoms with Crippen LogP contribution in [0.2, 0.25) is 0 Å². The molecule has 0 aliphatic carbocycles. The fourth-order valence-electron chi connectivity index (χ4n) is 1.81. The van der Waals surface area contributed by atoms with E-state index in [0.717, 1.165) is 9.26 Å². The third-order valence-electron chi connectivity index (χ3n) is 2.75. The van der Waals surface area contributed by atoms with Crippen LogP contribution in [0.5, 0.6) is 0 Å². The van der Waals surface area contributed by atoms with E-state index in [1.807, 2.05) is 24.3 Å². The number of carboxylic acids is 1. The molecule has 0 spiro atoms. The minimum Gasteiger partial charge on any atom is -0.478 e. The van der Waals surface area contributed by atoms with E-state index in [9.17, 15) is 9.59 Å². The first-order chi connectivity index (χ1) is 9.58. The van der Waals surface area contributed by atoms with Gasteiger partial charge in [0.25, 0.3) is 0 Å². The van der Waals surface area contributed by atoms with Gasteiger partial charge in [0, 0.05) is 3.57 Å². The van der Waals surface area contributed by atoms with E-state index in [-0.39, 0.29) is 17.9 Å². The number of carbonyl (C=O) groups is 2. The molecule has 2 rings (SSSR count). The second-order valence-electron chi connectivity index (χ2n) is 4.17. The molecule has 2 aromatic rings. The lowest BCUT2D eigenvalue weighted by molar-refractivity contribution is -0.115. The molecule has 0 saturated carbocycles. The molecule has 0 aliphatic heterocycles. The van der Waals surface area contributed by atoms with E-state index in [1.165, 1.54) is 6.07 Å². The Morgan fingerprint density at radius 2 is 1.70 bits per heavy atom. The highest BCUT2D eigenvalue weighted by molar-refractivity contribution is 14.1. The summed E-state index contributed by atoms with van der Waals surface area (Å²) in [7, 11) is 0. The van der Waals surface area contributed by atoms with Gasteiger partial charge in [-0.05, 0) is 46.4 Å². The third-order valence-corrected chi connectivity index (χ3v) is 3.69. The first kappa shape index (κ1) is 14.5. The second kappa shape index (κ2) is 6.51. The van der Waals surface area contributed by atoms with E-state index in [1.54, 1.807) is 18.2 Å². The maximum absolute atomic E-state index is 12.0. The van der Waals surface area contributed by atoms with Gasteiger partial charge in [0.2, 0.25) is 5.91 Å². The minimum atomic E-state index is -1.03. The van der Waals surface area contributed by atoms with Gasteiger partial charge in [0.05, 0.1) is 17.7 Å². The maximum Gasteiger partial charge on any atom is 0.335 e. The van der Waals surface area contributed by atoms with E-state index in [4.69, 9.17) is 5.11 Å². The van der Waals surface area contributed by atoms with Gasteiger partial charge in [-0.25, -0.2) is 4.79 Å². The van der Waals surface area contributed by atoms with Gasteiger partial charge in [-0.15, -0.1) is 0 Å². The summed E-state index contributed by atoms with van der Waals surface area (Å²) in [6.45, 7) is 0. The van der Waals surface area contributed by atoms with Crippen molar-refractivity contribution >= 4 is 40.2 Å². The molecule has 20 heavy (non-hydrogen) atoms. The van der Waals surface area contributed by atoms with Gasteiger partial charge >= 0.3 is 5.97 Å². The van der Waals surface area contributed by atoms with Crippen LogP contribution in [0.15, 0.2) is 48.5 Å². The van der Waals surface area contributed by atoms with E-state index >= 15 is 0 Å². The normalized spacial score (nSPS) is 10.1. The Morgan fingerprint density at radius 3 is 2.40 bits per heavy atom. The quantitative estimate of drug-likeness (QED) is 0.800. The lowest BCUT2D eigenvalue weighted by Gasteiger charge is -2.08. The highest BCUT2D eigenvalue weighted by Gasteiger charge is 2.13. The third kappa shape index (κ3) is 3.57. The van der Waals surface area contributed by atoms with Crippen LogP contribution in [0.1, 0.15) is 15.9 Å². The SMILES string of the molecule is O=C(Cc1ccccc1C(=O)O)Nc1ccccc1I. The zero-order valence-electron chi connectivity index (χ0n) is 10.5. The van der Waals surface area contributed by atoms with Crippen molar-refractivity contribution in [1.82, 2.24) is 0 Å². The Balaban J connectivity index is 2.13. The van der Waals surface area contributed by atoms with Crippen LogP contribution in [-0.2, 0) is 11.2 Å². The fraction of sp³-hybridized carbons (Fsp3) is 0.0667. The van der Waals surface area contributed by atoms with Crippen molar-refractivity contribution < 1.29 is 14.7 Å². The molecule has 0 fully saturated rings. The molecule has 0 aliphatic rings. The van der Waals surface area contributed by atoms with Gasteiger partial charge in [-0.1, -0.05) is 30.3 Å². The van der Waals surface area contributed by atoms with Gasteiger partial charge in [0.15, 0.2) is 0 Å². The Morgan fingerprint density at radius 1 is 1.05 bits per heavy atom. The molecule has 0 aromatic heterocycles. The number of para-hydroxylation sites is 1. The number of carbonyl (C=O) groups excluding carboxylic acids is 1. The number of anilines is 1. The summed E-state index contributed by atoms with van der Waals surface area (Å²) < 4.78 is 0.935. The number of benzene rings is 2. The van der Waals surface area contributed by atoms with Crippen molar-refractivity contribution in [2.45, 2.75) is 6.42 Å². The highest BCUT2D eigenvalue weighted by Crippen LogP contribution is 2.18. The van der Waals surface area contributed by atoms with E-state index < -0.39 is 5.97 Å². The van der Waals surface area contributed by atoms with Gasteiger partial charge < -0.3 is 10.4 Å². The number of nitrogens with one attached hydrogen (secondary N) is 1. The van der Waals surface area contributed by atoms with Gasteiger partial charge in [0.1, 0.15) is 0 Å². The first-order valence-corrected chi connectivity index (χ1v) is 7.01. The summed E-state index contributed by atoms with van der Waals surface area (Å²) in [6, 6.07) is 13.9. The predicted molar refractivity (Wildman–Crippen MR) is 84.9 cm³/mol. The van der Waals surface area contributed by atoms with E-state index in [2.05, 4.69) is 27.9 Å². The lowest BCUT2D eigenvalue weighted by Crippen LogP contribution is -2.17. The number of rotatable bonds is 4. The maximum atomic E-state index is 12.0. The van der Waals surface area contributed by atoms with Crippen LogP contribution in [0, 0.1) is 3.57 Å². The highest BCUT2D eigenvalue weighted by atomic mass is 127.